The molecule has 2 aromatic rings. The Labute approximate surface area is 87.6 Å². The number of hydrogen-bond donors (Lipinski definition) is 2. The van der Waals surface area contributed by atoms with E-state index in [1.807, 2.05) is 24.3 Å². The third kappa shape index (κ3) is 2.54. The van der Waals surface area contributed by atoms with E-state index >= 15 is 0 Å². The maximum Gasteiger partial charge on any atom is 0.209 e. The highest BCUT2D eigenvalue weighted by Gasteiger charge is 2.04. The zero-order chi connectivity index (χ0) is 10.9. The summed E-state index contributed by atoms with van der Waals surface area (Å²) in [6.45, 7) is 0.188. The molecule has 6 heteroatoms. The van der Waals surface area contributed by atoms with Crippen LogP contribution in [-0.2, 0) is 16.6 Å². The molecule has 0 spiro atoms. The Bertz CT molecular complexity index is 541. The SMILES string of the molecule is CS(=O)(=O)NCc1nc2ccccc2[nH]1. The van der Waals surface area contributed by atoms with Gasteiger partial charge < -0.3 is 4.98 Å². The van der Waals surface area contributed by atoms with Gasteiger partial charge in [0.1, 0.15) is 5.82 Å². The van der Waals surface area contributed by atoms with E-state index in [9.17, 15) is 8.42 Å². The number of benzene rings is 1. The second-order valence-corrected chi connectivity index (χ2v) is 5.13. The van der Waals surface area contributed by atoms with Gasteiger partial charge in [-0.05, 0) is 12.1 Å². The van der Waals surface area contributed by atoms with E-state index in [1.54, 1.807) is 0 Å². The lowest BCUT2D eigenvalue weighted by Crippen LogP contribution is -2.21. The van der Waals surface area contributed by atoms with Crippen molar-refractivity contribution < 1.29 is 8.42 Å². The minimum Gasteiger partial charge on any atom is -0.341 e. The fourth-order valence-electron chi connectivity index (χ4n) is 1.29. The second-order valence-electron chi connectivity index (χ2n) is 3.29. The summed E-state index contributed by atoms with van der Waals surface area (Å²) in [5.41, 5.74) is 1.74. The van der Waals surface area contributed by atoms with Crippen LogP contribution < -0.4 is 4.72 Å². The third-order valence-electron chi connectivity index (χ3n) is 1.94. The Balaban J connectivity index is 2.23. The molecule has 0 aliphatic rings. The number of aromatic amines is 1. The van der Waals surface area contributed by atoms with Crippen molar-refractivity contribution in [3.8, 4) is 0 Å². The third-order valence-corrected chi connectivity index (χ3v) is 2.61. The van der Waals surface area contributed by atoms with Gasteiger partial charge in [-0.2, -0.15) is 0 Å². The largest absolute Gasteiger partial charge is 0.341 e. The molecule has 0 amide bonds. The van der Waals surface area contributed by atoms with E-state index in [1.165, 1.54) is 0 Å². The molecule has 2 rings (SSSR count). The predicted octanol–water partition coefficient (Wildman–Crippen LogP) is 0.612. The zero-order valence-electron chi connectivity index (χ0n) is 8.19. The first-order valence-electron chi connectivity index (χ1n) is 4.43. The van der Waals surface area contributed by atoms with Crippen LogP contribution in [0.4, 0.5) is 0 Å². The summed E-state index contributed by atoms with van der Waals surface area (Å²) in [6.07, 6.45) is 1.12. The Kier molecular flexibility index (Phi) is 2.45. The number of H-pyrrole nitrogens is 1. The van der Waals surface area contributed by atoms with E-state index in [4.69, 9.17) is 0 Å². The molecule has 80 valence electrons. The first-order valence-corrected chi connectivity index (χ1v) is 6.32. The molecule has 0 unspecified atom stereocenters. The van der Waals surface area contributed by atoms with Gasteiger partial charge in [-0.15, -0.1) is 0 Å². The number of imidazole rings is 1. The van der Waals surface area contributed by atoms with Gasteiger partial charge in [-0.3, -0.25) is 0 Å². The Morgan fingerprint density at radius 3 is 2.80 bits per heavy atom. The lowest BCUT2D eigenvalue weighted by atomic mass is 10.3. The maximum absolute atomic E-state index is 10.9. The summed E-state index contributed by atoms with van der Waals surface area (Å²) >= 11 is 0. The van der Waals surface area contributed by atoms with Crippen molar-refractivity contribution >= 4 is 21.1 Å². The van der Waals surface area contributed by atoms with Gasteiger partial charge in [0.25, 0.3) is 0 Å². The molecule has 0 fully saturated rings. The number of fused-ring (bicyclic) bond motifs is 1. The van der Waals surface area contributed by atoms with Gasteiger partial charge in [-0.25, -0.2) is 18.1 Å². The second kappa shape index (κ2) is 3.63. The van der Waals surface area contributed by atoms with Crippen LogP contribution in [0.25, 0.3) is 11.0 Å². The minimum absolute atomic E-state index is 0.188. The lowest BCUT2D eigenvalue weighted by molar-refractivity contribution is 0.586. The van der Waals surface area contributed by atoms with Crippen molar-refractivity contribution in [2.75, 3.05) is 6.26 Å². The number of aromatic nitrogens is 2. The number of nitrogens with zero attached hydrogens (tertiary/aromatic N) is 1. The van der Waals surface area contributed by atoms with E-state index in [0.29, 0.717) is 5.82 Å². The van der Waals surface area contributed by atoms with Crippen LogP contribution in [0, 0.1) is 0 Å². The van der Waals surface area contributed by atoms with E-state index in [-0.39, 0.29) is 6.54 Å². The fraction of sp³-hybridized carbons (Fsp3) is 0.222. The number of nitrogens with one attached hydrogen (secondary N) is 2. The number of sulfonamides is 1. The van der Waals surface area contributed by atoms with Crippen LogP contribution in [0.1, 0.15) is 5.82 Å². The summed E-state index contributed by atoms with van der Waals surface area (Å²) in [6, 6.07) is 7.55. The Morgan fingerprint density at radius 2 is 2.13 bits per heavy atom. The topological polar surface area (TPSA) is 74.8 Å². The number of para-hydroxylation sites is 2. The maximum atomic E-state index is 10.9. The van der Waals surface area contributed by atoms with Gasteiger partial charge in [0, 0.05) is 0 Å². The highest BCUT2D eigenvalue weighted by molar-refractivity contribution is 7.88. The predicted molar refractivity (Wildman–Crippen MR) is 57.8 cm³/mol. The average Bonchev–Trinajstić information content (AvgIpc) is 2.56. The first kappa shape index (κ1) is 10.1. The van der Waals surface area contributed by atoms with E-state index in [0.717, 1.165) is 17.3 Å². The van der Waals surface area contributed by atoms with E-state index < -0.39 is 10.0 Å². The summed E-state index contributed by atoms with van der Waals surface area (Å²) in [5.74, 6) is 0.613. The summed E-state index contributed by atoms with van der Waals surface area (Å²) in [5, 5.41) is 0. The van der Waals surface area contributed by atoms with Crippen molar-refractivity contribution in [3.63, 3.8) is 0 Å². The van der Waals surface area contributed by atoms with Crippen molar-refractivity contribution in [2.24, 2.45) is 0 Å². The summed E-state index contributed by atoms with van der Waals surface area (Å²) in [4.78, 5) is 7.26. The molecule has 0 saturated carbocycles. The van der Waals surface area contributed by atoms with Gasteiger partial charge in [0.05, 0.1) is 23.8 Å². The molecule has 0 saturated heterocycles. The highest BCUT2D eigenvalue weighted by atomic mass is 32.2. The highest BCUT2D eigenvalue weighted by Crippen LogP contribution is 2.09. The molecule has 5 nitrogen and oxygen atoms in total. The average molecular weight is 225 g/mol. The van der Waals surface area contributed by atoms with Crippen LogP contribution in [0.2, 0.25) is 0 Å². The van der Waals surface area contributed by atoms with Crippen molar-refractivity contribution in [2.45, 2.75) is 6.54 Å². The van der Waals surface area contributed by atoms with Crippen LogP contribution in [-0.4, -0.2) is 24.6 Å². The Morgan fingerprint density at radius 1 is 1.40 bits per heavy atom. The Hall–Kier alpha value is -1.40. The molecule has 1 aromatic carbocycles. The monoisotopic (exact) mass is 225 g/mol. The number of hydrogen-bond acceptors (Lipinski definition) is 3. The molecular weight excluding hydrogens is 214 g/mol. The van der Waals surface area contributed by atoms with Crippen LogP contribution in [0.15, 0.2) is 24.3 Å². The molecule has 0 aliphatic carbocycles. The molecule has 0 radical (unpaired) electrons. The normalized spacial score (nSPS) is 12.1. The van der Waals surface area contributed by atoms with E-state index in [2.05, 4.69) is 14.7 Å². The van der Waals surface area contributed by atoms with Crippen LogP contribution >= 0.6 is 0 Å². The minimum atomic E-state index is -3.17. The van der Waals surface area contributed by atoms with Gasteiger partial charge in [-0.1, -0.05) is 12.1 Å². The molecule has 0 aliphatic heterocycles. The standard InChI is InChI=1S/C9H11N3O2S/c1-15(13,14)10-6-9-11-7-4-2-3-5-8(7)12-9/h2-5,10H,6H2,1H3,(H,11,12). The molecule has 0 bridgehead atoms. The lowest BCUT2D eigenvalue weighted by Gasteiger charge is -1.97. The quantitative estimate of drug-likeness (QED) is 0.803. The molecule has 15 heavy (non-hydrogen) atoms. The van der Waals surface area contributed by atoms with Crippen LogP contribution in [0.3, 0.4) is 0 Å². The first-order chi connectivity index (χ1) is 7.04. The smallest absolute Gasteiger partial charge is 0.209 e. The molecule has 2 N–H and O–H groups in total. The van der Waals surface area contributed by atoms with Crippen molar-refractivity contribution in [1.29, 1.82) is 0 Å². The summed E-state index contributed by atoms with van der Waals surface area (Å²) < 4.78 is 24.1. The van der Waals surface area contributed by atoms with Gasteiger partial charge >= 0.3 is 0 Å². The van der Waals surface area contributed by atoms with Gasteiger partial charge in [0.2, 0.25) is 10.0 Å². The van der Waals surface area contributed by atoms with Crippen molar-refractivity contribution in [3.05, 3.63) is 30.1 Å². The zero-order valence-corrected chi connectivity index (χ0v) is 9.00. The molecular formula is C9H11N3O2S. The van der Waals surface area contributed by atoms with Gasteiger partial charge in [0.15, 0.2) is 0 Å². The van der Waals surface area contributed by atoms with Crippen molar-refractivity contribution in [1.82, 2.24) is 14.7 Å². The van der Waals surface area contributed by atoms with Crippen LogP contribution in [0.5, 0.6) is 0 Å². The number of rotatable bonds is 3. The molecule has 1 heterocycles. The fourth-order valence-corrected chi connectivity index (χ4v) is 1.69. The molecule has 0 atom stereocenters. The molecule has 1 aromatic heterocycles. The summed E-state index contributed by atoms with van der Waals surface area (Å²) in [7, 11) is -3.17.